The van der Waals surface area contributed by atoms with Crippen LogP contribution in [0.4, 0.5) is 5.69 Å². The Balaban J connectivity index is 2.67. The molecule has 2 rings (SSSR count). The van der Waals surface area contributed by atoms with Crippen LogP contribution in [0.1, 0.15) is 28.2 Å². The number of hydrogen-bond donors (Lipinski definition) is 0. The van der Waals surface area contributed by atoms with E-state index in [1.807, 2.05) is 12.1 Å². The number of hydrogen-bond acceptors (Lipinski definition) is 6. The van der Waals surface area contributed by atoms with E-state index in [4.69, 9.17) is 15.3 Å². The van der Waals surface area contributed by atoms with E-state index in [1.165, 1.54) is 13.2 Å². The minimum absolute atomic E-state index is 0.00754. The average Bonchev–Trinajstić information content (AvgIpc) is 2.62. The first kappa shape index (κ1) is 16.5. The summed E-state index contributed by atoms with van der Waals surface area (Å²) < 4.78 is 5.05. The fourth-order valence-electron chi connectivity index (χ4n) is 2.30. The van der Waals surface area contributed by atoms with Crippen molar-refractivity contribution >= 4 is 5.69 Å². The number of methoxy groups -OCH3 is 1. The van der Waals surface area contributed by atoms with Crippen molar-refractivity contribution in [1.82, 2.24) is 0 Å². The van der Waals surface area contributed by atoms with Crippen LogP contribution in [0.25, 0.3) is 0 Å². The molecule has 7 nitrogen and oxygen atoms in total. The van der Waals surface area contributed by atoms with Crippen molar-refractivity contribution in [3.63, 3.8) is 0 Å². The molecule has 0 N–H and O–H groups in total. The lowest BCUT2D eigenvalue weighted by molar-refractivity contribution is -0.385. The van der Waals surface area contributed by atoms with E-state index in [0.717, 1.165) is 6.07 Å². The summed E-state index contributed by atoms with van der Waals surface area (Å²) in [6.07, 6.45) is 0. The van der Waals surface area contributed by atoms with Gasteiger partial charge in [-0.05, 0) is 23.8 Å². The van der Waals surface area contributed by atoms with Crippen LogP contribution in [0.5, 0.6) is 5.75 Å². The van der Waals surface area contributed by atoms with Crippen LogP contribution in [0, 0.1) is 44.1 Å². The molecule has 24 heavy (non-hydrogen) atoms. The maximum absolute atomic E-state index is 11.3. The Morgan fingerprint density at radius 3 is 2.12 bits per heavy atom. The van der Waals surface area contributed by atoms with Crippen molar-refractivity contribution in [2.45, 2.75) is 5.92 Å². The fraction of sp³-hybridized carbons (Fsp3) is 0.118. The third-order valence-corrected chi connectivity index (χ3v) is 3.49. The third kappa shape index (κ3) is 2.99. The molecule has 0 aromatic heterocycles. The molecule has 0 saturated carbocycles. The molecule has 0 saturated heterocycles. The smallest absolute Gasteiger partial charge is 0.275 e. The first-order chi connectivity index (χ1) is 11.5. The van der Waals surface area contributed by atoms with Crippen LogP contribution in [0.3, 0.4) is 0 Å². The summed E-state index contributed by atoms with van der Waals surface area (Å²) in [6, 6.07) is 14.4. The van der Waals surface area contributed by atoms with Gasteiger partial charge in [0.15, 0.2) is 0 Å². The lowest BCUT2D eigenvalue weighted by Gasteiger charge is -2.12. The number of nitro benzene ring substituents is 1. The zero-order chi connectivity index (χ0) is 17.7. The molecule has 0 radical (unpaired) electrons. The maximum Gasteiger partial charge on any atom is 0.275 e. The van der Waals surface area contributed by atoms with Crippen molar-refractivity contribution in [1.29, 1.82) is 15.8 Å². The Kier molecular flexibility index (Phi) is 4.75. The predicted molar refractivity (Wildman–Crippen MR) is 83.0 cm³/mol. The zero-order valence-electron chi connectivity index (χ0n) is 12.6. The number of ether oxygens (including phenoxy) is 1. The summed E-state index contributed by atoms with van der Waals surface area (Å²) in [6.45, 7) is 0. The summed E-state index contributed by atoms with van der Waals surface area (Å²) in [5.41, 5.74) is 0.123. The summed E-state index contributed by atoms with van der Waals surface area (Å²) in [5.74, 6) is -0.362. The Hall–Kier alpha value is -3.89. The third-order valence-electron chi connectivity index (χ3n) is 3.49. The van der Waals surface area contributed by atoms with Crippen molar-refractivity contribution in [3.05, 3.63) is 68.8 Å². The topological polar surface area (TPSA) is 124 Å². The van der Waals surface area contributed by atoms with Crippen LogP contribution in [0.15, 0.2) is 36.4 Å². The van der Waals surface area contributed by atoms with Gasteiger partial charge in [0.05, 0.1) is 34.8 Å². The highest BCUT2D eigenvalue weighted by Crippen LogP contribution is 2.34. The van der Waals surface area contributed by atoms with Gasteiger partial charge in [-0.1, -0.05) is 12.1 Å². The predicted octanol–water partition coefficient (Wildman–Crippen LogP) is 3.00. The monoisotopic (exact) mass is 318 g/mol. The number of benzene rings is 2. The Morgan fingerprint density at radius 2 is 1.67 bits per heavy atom. The Labute approximate surface area is 137 Å². The first-order valence-corrected chi connectivity index (χ1v) is 6.71. The summed E-state index contributed by atoms with van der Waals surface area (Å²) in [5, 5.41) is 39.0. The summed E-state index contributed by atoms with van der Waals surface area (Å²) >= 11 is 0. The molecule has 0 heterocycles. The van der Waals surface area contributed by atoms with Gasteiger partial charge >= 0.3 is 0 Å². The molecule has 116 valence electrons. The first-order valence-electron chi connectivity index (χ1n) is 6.71. The number of rotatable bonds is 4. The van der Waals surface area contributed by atoms with E-state index in [1.54, 1.807) is 30.3 Å². The van der Waals surface area contributed by atoms with Gasteiger partial charge in [0.25, 0.3) is 5.69 Å². The van der Waals surface area contributed by atoms with Gasteiger partial charge in [0.1, 0.15) is 23.8 Å². The van der Waals surface area contributed by atoms with Crippen LogP contribution in [-0.4, -0.2) is 12.0 Å². The van der Waals surface area contributed by atoms with E-state index >= 15 is 0 Å². The van der Waals surface area contributed by atoms with Gasteiger partial charge in [-0.15, -0.1) is 0 Å². The maximum atomic E-state index is 11.3. The molecule has 0 aliphatic rings. The molecule has 0 spiro atoms. The lowest BCUT2D eigenvalue weighted by atomic mass is 9.89. The van der Waals surface area contributed by atoms with Gasteiger partial charge < -0.3 is 4.74 Å². The van der Waals surface area contributed by atoms with E-state index in [0.29, 0.717) is 11.3 Å². The van der Waals surface area contributed by atoms with E-state index in [9.17, 15) is 15.4 Å². The van der Waals surface area contributed by atoms with Gasteiger partial charge in [-0.25, -0.2) is 0 Å². The second-order valence-electron chi connectivity index (χ2n) is 4.77. The molecule has 2 aromatic rings. The van der Waals surface area contributed by atoms with Gasteiger partial charge in [-0.2, -0.15) is 15.8 Å². The fourth-order valence-corrected chi connectivity index (χ4v) is 2.30. The largest absolute Gasteiger partial charge is 0.497 e. The molecule has 7 heteroatoms. The van der Waals surface area contributed by atoms with E-state index in [2.05, 4.69) is 0 Å². The molecule has 2 aromatic carbocycles. The molecule has 0 unspecified atom stereocenters. The number of nitriles is 3. The van der Waals surface area contributed by atoms with Crippen molar-refractivity contribution in [2.75, 3.05) is 7.11 Å². The van der Waals surface area contributed by atoms with E-state index < -0.39 is 10.8 Å². The highest BCUT2D eigenvalue weighted by molar-refractivity contribution is 5.60. The molecule has 1 atom stereocenters. The van der Waals surface area contributed by atoms with Crippen molar-refractivity contribution < 1.29 is 9.66 Å². The Bertz CT molecular complexity index is 915. The van der Waals surface area contributed by atoms with Crippen LogP contribution in [-0.2, 0) is 0 Å². The molecule has 0 aliphatic heterocycles. The number of nitro groups is 1. The highest BCUT2D eigenvalue weighted by atomic mass is 16.6. The second-order valence-corrected chi connectivity index (χ2v) is 4.77. The molecule has 0 fully saturated rings. The SMILES string of the molecule is COc1ccc([C@@H](C#N)c2cc(C#N)c(C#N)cc2[N+](=O)[O-])cc1. The van der Waals surface area contributed by atoms with Crippen LogP contribution in [0.2, 0.25) is 0 Å². The standard InChI is InChI=1S/C17H10N4O3/c1-24-14-4-2-11(3-5-14)16(10-20)15-6-12(8-18)13(9-19)7-17(15)21(22)23/h2-7,16H,1H3/t16-/m1/s1. The van der Waals surface area contributed by atoms with Gasteiger partial charge in [-0.3, -0.25) is 10.1 Å². The lowest BCUT2D eigenvalue weighted by Crippen LogP contribution is -2.05. The summed E-state index contributed by atoms with van der Waals surface area (Å²) in [4.78, 5) is 10.7. The number of nitrogens with zero attached hydrogens (tertiary/aromatic N) is 4. The minimum Gasteiger partial charge on any atom is -0.497 e. The van der Waals surface area contributed by atoms with E-state index in [-0.39, 0.29) is 22.4 Å². The zero-order valence-corrected chi connectivity index (χ0v) is 12.6. The second kappa shape index (κ2) is 6.91. The Morgan fingerprint density at radius 1 is 1.08 bits per heavy atom. The molecular weight excluding hydrogens is 308 g/mol. The van der Waals surface area contributed by atoms with Crippen molar-refractivity contribution in [2.24, 2.45) is 0 Å². The van der Waals surface area contributed by atoms with Gasteiger partial charge in [0.2, 0.25) is 0 Å². The highest BCUT2D eigenvalue weighted by Gasteiger charge is 2.26. The van der Waals surface area contributed by atoms with Gasteiger partial charge in [0, 0.05) is 6.07 Å². The average molecular weight is 318 g/mol. The molecule has 0 aliphatic carbocycles. The van der Waals surface area contributed by atoms with Crippen LogP contribution < -0.4 is 4.74 Å². The molecular formula is C17H10N4O3. The minimum atomic E-state index is -0.948. The van der Waals surface area contributed by atoms with Crippen molar-refractivity contribution in [3.8, 4) is 24.0 Å². The quantitative estimate of drug-likeness (QED) is 0.630. The normalized spacial score (nSPS) is 10.8. The molecule has 0 amide bonds. The van der Waals surface area contributed by atoms with Crippen LogP contribution >= 0.6 is 0 Å². The molecule has 0 bridgehead atoms. The summed E-state index contributed by atoms with van der Waals surface area (Å²) in [7, 11) is 1.50.